The van der Waals surface area contributed by atoms with Gasteiger partial charge in [-0.1, -0.05) is 18.2 Å². The summed E-state index contributed by atoms with van der Waals surface area (Å²) >= 11 is 0. The van der Waals surface area contributed by atoms with E-state index in [1.165, 1.54) is 0 Å². The number of carbonyl (C=O) groups is 1. The molecule has 0 radical (unpaired) electrons. The van der Waals surface area contributed by atoms with Crippen molar-refractivity contribution in [1.29, 1.82) is 0 Å². The number of ether oxygens (including phenoxy) is 1. The van der Waals surface area contributed by atoms with E-state index in [0.29, 0.717) is 13.0 Å². The highest BCUT2D eigenvalue weighted by molar-refractivity contribution is 5.92. The lowest BCUT2D eigenvalue weighted by Gasteiger charge is -2.12. The molecule has 4 heteroatoms. The third-order valence-corrected chi connectivity index (χ3v) is 3.52. The van der Waals surface area contributed by atoms with E-state index in [-0.39, 0.29) is 5.91 Å². The zero-order valence-electron chi connectivity index (χ0n) is 13.3. The van der Waals surface area contributed by atoms with Crippen LogP contribution in [-0.2, 0) is 4.79 Å². The quantitative estimate of drug-likeness (QED) is 0.854. The van der Waals surface area contributed by atoms with Gasteiger partial charge in [0.2, 0.25) is 5.91 Å². The summed E-state index contributed by atoms with van der Waals surface area (Å²) < 4.78 is 5.11. The van der Waals surface area contributed by atoms with Crippen LogP contribution in [0.3, 0.4) is 0 Å². The van der Waals surface area contributed by atoms with Gasteiger partial charge in [0.05, 0.1) is 7.11 Å². The molecule has 0 aliphatic carbocycles. The van der Waals surface area contributed by atoms with Crippen molar-refractivity contribution < 1.29 is 9.53 Å². The average Bonchev–Trinajstić information content (AvgIpc) is 2.52. The minimum absolute atomic E-state index is 0.0124. The number of carbonyl (C=O) groups excluding carboxylic acids is 1. The Morgan fingerprint density at radius 2 is 1.68 bits per heavy atom. The second-order valence-electron chi connectivity index (χ2n) is 5.22. The normalized spacial score (nSPS) is 10.1. The molecule has 0 aromatic heterocycles. The monoisotopic (exact) mass is 298 g/mol. The van der Waals surface area contributed by atoms with Gasteiger partial charge < -0.3 is 15.4 Å². The predicted octanol–water partition coefficient (Wildman–Crippen LogP) is 3.75. The highest BCUT2D eigenvalue weighted by Crippen LogP contribution is 2.19. The number of amides is 1. The highest BCUT2D eigenvalue weighted by atomic mass is 16.5. The summed E-state index contributed by atoms with van der Waals surface area (Å²) in [6.45, 7) is 4.58. The van der Waals surface area contributed by atoms with Crippen LogP contribution in [0.1, 0.15) is 17.5 Å². The summed E-state index contributed by atoms with van der Waals surface area (Å²) in [5.74, 6) is 0.830. The topological polar surface area (TPSA) is 50.4 Å². The van der Waals surface area contributed by atoms with E-state index in [2.05, 4.69) is 10.6 Å². The van der Waals surface area contributed by atoms with Gasteiger partial charge in [0, 0.05) is 24.3 Å². The molecule has 2 rings (SSSR count). The van der Waals surface area contributed by atoms with Gasteiger partial charge in [0.15, 0.2) is 0 Å². The first-order valence-corrected chi connectivity index (χ1v) is 7.34. The molecular weight excluding hydrogens is 276 g/mol. The average molecular weight is 298 g/mol. The van der Waals surface area contributed by atoms with Crippen molar-refractivity contribution in [3.8, 4) is 5.75 Å². The maximum atomic E-state index is 12.0. The van der Waals surface area contributed by atoms with E-state index in [9.17, 15) is 4.79 Å². The first-order chi connectivity index (χ1) is 10.6. The van der Waals surface area contributed by atoms with Crippen LogP contribution in [0.4, 0.5) is 11.4 Å². The molecule has 2 N–H and O–H groups in total. The van der Waals surface area contributed by atoms with Gasteiger partial charge in [0.1, 0.15) is 5.75 Å². The predicted molar refractivity (Wildman–Crippen MR) is 90.6 cm³/mol. The Labute approximate surface area is 131 Å². The van der Waals surface area contributed by atoms with Crippen molar-refractivity contribution in [2.75, 3.05) is 24.3 Å². The van der Waals surface area contributed by atoms with Gasteiger partial charge in [-0.25, -0.2) is 0 Å². The van der Waals surface area contributed by atoms with Crippen LogP contribution >= 0.6 is 0 Å². The van der Waals surface area contributed by atoms with Crippen LogP contribution < -0.4 is 15.4 Å². The number of nitrogens with one attached hydrogen (secondary N) is 2. The zero-order chi connectivity index (χ0) is 15.9. The summed E-state index contributed by atoms with van der Waals surface area (Å²) in [5.41, 5.74) is 4.05. The molecule has 0 spiro atoms. The number of hydrogen-bond donors (Lipinski definition) is 2. The lowest BCUT2D eigenvalue weighted by atomic mass is 10.1. The molecule has 0 saturated heterocycles. The summed E-state index contributed by atoms with van der Waals surface area (Å²) in [6, 6.07) is 13.6. The molecule has 0 bridgehead atoms. The van der Waals surface area contributed by atoms with Crippen LogP contribution in [0.5, 0.6) is 5.75 Å². The molecule has 0 aliphatic heterocycles. The Morgan fingerprint density at radius 1 is 1.05 bits per heavy atom. The van der Waals surface area contributed by atoms with Crippen LogP contribution in [0.15, 0.2) is 42.5 Å². The number of aryl methyl sites for hydroxylation is 2. The molecule has 0 heterocycles. The summed E-state index contributed by atoms with van der Waals surface area (Å²) in [6.07, 6.45) is 0.416. The smallest absolute Gasteiger partial charge is 0.226 e. The van der Waals surface area contributed by atoms with Crippen molar-refractivity contribution in [1.82, 2.24) is 0 Å². The molecule has 0 unspecified atom stereocenters. The molecule has 22 heavy (non-hydrogen) atoms. The fraction of sp³-hybridized carbons (Fsp3) is 0.278. The number of anilines is 2. The lowest BCUT2D eigenvalue weighted by molar-refractivity contribution is -0.115. The van der Waals surface area contributed by atoms with Crippen molar-refractivity contribution in [2.24, 2.45) is 0 Å². The van der Waals surface area contributed by atoms with E-state index >= 15 is 0 Å². The first kappa shape index (κ1) is 15.9. The Kier molecular flexibility index (Phi) is 5.42. The second-order valence-corrected chi connectivity index (χ2v) is 5.22. The van der Waals surface area contributed by atoms with E-state index in [4.69, 9.17) is 4.74 Å². The number of benzene rings is 2. The van der Waals surface area contributed by atoms with Crippen molar-refractivity contribution in [3.63, 3.8) is 0 Å². The molecule has 4 nitrogen and oxygen atoms in total. The van der Waals surface area contributed by atoms with Crippen LogP contribution in [0.2, 0.25) is 0 Å². The fourth-order valence-corrected chi connectivity index (χ4v) is 2.24. The van der Waals surface area contributed by atoms with Gasteiger partial charge in [0.25, 0.3) is 0 Å². The first-order valence-electron chi connectivity index (χ1n) is 7.34. The summed E-state index contributed by atoms with van der Waals surface area (Å²) in [7, 11) is 1.64. The van der Waals surface area contributed by atoms with E-state index in [1.54, 1.807) is 7.11 Å². The Morgan fingerprint density at radius 3 is 2.27 bits per heavy atom. The molecule has 1 amide bonds. The Balaban J connectivity index is 1.82. The summed E-state index contributed by atoms with van der Waals surface area (Å²) in [5, 5.41) is 6.21. The van der Waals surface area contributed by atoms with Crippen LogP contribution in [0.25, 0.3) is 0 Å². The van der Waals surface area contributed by atoms with Gasteiger partial charge in [-0.3, -0.25) is 4.79 Å². The Bertz CT molecular complexity index is 616. The van der Waals surface area contributed by atoms with Crippen molar-refractivity contribution in [3.05, 3.63) is 53.6 Å². The number of methoxy groups -OCH3 is 1. The largest absolute Gasteiger partial charge is 0.497 e. The SMILES string of the molecule is COc1ccc(NCCC(=O)Nc2c(C)cccc2C)cc1. The number of para-hydroxylation sites is 1. The van der Waals surface area contributed by atoms with Gasteiger partial charge in [-0.15, -0.1) is 0 Å². The lowest BCUT2D eigenvalue weighted by Crippen LogP contribution is -2.17. The van der Waals surface area contributed by atoms with E-state index in [0.717, 1.165) is 28.3 Å². The van der Waals surface area contributed by atoms with Crippen molar-refractivity contribution >= 4 is 17.3 Å². The standard InChI is InChI=1S/C18H22N2O2/c1-13-5-4-6-14(2)18(13)20-17(21)11-12-19-15-7-9-16(22-3)10-8-15/h4-10,19H,11-12H2,1-3H3,(H,20,21). The Hall–Kier alpha value is -2.49. The van der Waals surface area contributed by atoms with E-state index < -0.39 is 0 Å². The molecule has 0 aliphatic rings. The maximum Gasteiger partial charge on any atom is 0.226 e. The molecule has 2 aromatic rings. The van der Waals surface area contributed by atoms with Crippen LogP contribution in [-0.4, -0.2) is 19.6 Å². The molecule has 0 fully saturated rings. The molecular formula is C18H22N2O2. The molecule has 116 valence electrons. The highest BCUT2D eigenvalue weighted by Gasteiger charge is 2.06. The van der Waals surface area contributed by atoms with Crippen molar-refractivity contribution in [2.45, 2.75) is 20.3 Å². The van der Waals surface area contributed by atoms with E-state index in [1.807, 2.05) is 56.3 Å². The molecule has 0 saturated carbocycles. The number of rotatable bonds is 6. The zero-order valence-corrected chi connectivity index (χ0v) is 13.3. The van der Waals surface area contributed by atoms with Gasteiger partial charge in [-0.2, -0.15) is 0 Å². The maximum absolute atomic E-state index is 12.0. The third kappa shape index (κ3) is 4.25. The third-order valence-electron chi connectivity index (χ3n) is 3.52. The number of hydrogen-bond acceptors (Lipinski definition) is 3. The van der Waals surface area contributed by atoms with Gasteiger partial charge in [-0.05, 0) is 49.2 Å². The fourth-order valence-electron chi connectivity index (χ4n) is 2.24. The molecule has 2 aromatic carbocycles. The van der Waals surface area contributed by atoms with Gasteiger partial charge >= 0.3 is 0 Å². The van der Waals surface area contributed by atoms with Crippen LogP contribution in [0, 0.1) is 13.8 Å². The second kappa shape index (κ2) is 7.50. The summed E-state index contributed by atoms with van der Waals surface area (Å²) in [4.78, 5) is 12.0. The minimum Gasteiger partial charge on any atom is -0.497 e. The molecule has 0 atom stereocenters. The minimum atomic E-state index is 0.0124.